The Bertz CT molecular complexity index is 193. The number of fused-ring (bicyclic) bond motifs is 1. The van der Waals surface area contributed by atoms with E-state index in [2.05, 4.69) is 0 Å². The highest BCUT2D eigenvalue weighted by Gasteiger charge is 2.74. The second kappa shape index (κ2) is 1.08. The summed E-state index contributed by atoms with van der Waals surface area (Å²) in [7, 11) is -1.94. The first kappa shape index (κ1) is 5.08. The van der Waals surface area contributed by atoms with E-state index in [0.717, 1.165) is 0 Å². The highest BCUT2D eigenvalue weighted by atomic mass is 32.3. The summed E-state index contributed by atoms with van der Waals surface area (Å²) in [4.78, 5) is 0. The van der Waals surface area contributed by atoms with Crippen LogP contribution >= 0.6 is 0 Å². The van der Waals surface area contributed by atoms with Crippen molar-refractivity contribution in [3.8, 4) is 0 Å². The summed E-state index contributed by atoms with van der Waals surface area (Å²) in [6.45, 7) is 0. The van der Waals surface area contributed by atoms with E-state index >= 15 is 0 Å². The molecule has 4 atom stereocenters. The normalized spacial score (nSPS) is 68.4. The summed E-state index contributed by atoms with van der Waals surface area (Å²) in [5.74, 6) is 0.559. The average Bonchev–Trinajstić information content (AvgIpc) is 2.15. The molecule has 2 rings (SSSR count). The molecule has 0 amide bonds. The van der Waals surface area contributed by atoms with Crippen molar-refractivity contribution in [3.05, 3.63) is 0 Å². The molecule has 0 aliphatic carbocycles. The molecule has 0 radical (unpaired) electrons. The third-order valence-electron chi connectivity index (χ3n) is 1.62. The Hall–Kier alpha value is 0.260. The largest absolute Gasteiger partial charge is 0.303 e. The second-order valence-corrected chi connectivity index (χ2v) is 5.82. The molecular weight excluding hydrogens is 146 g/mol. The third kappa shape index (κ3) is 0.294. The summed E-state index contributed by atoms with van der Waals surface area (Å²) in [6, 6.07) is 0. The molecule has 2 fully saturated rings. The van der Waals surface area contributed by atoms with Crippen LogP contribution in [0.5, 0.6) is 0 Å². The van der Waals surface area contributed by atoms with E-state index < -0.39 is 25.8 Å². The monoisotopic (exact) mass is 151 g/mol. The number of hydrogen-bond donors (Lipinski definition) is 1. The molecule has 2 aliphatic rings. The lowest BCUT2D eigenvalue weighted by Gasteiger charge is -2.13. The smallest absolute Gasteiger partial charge is 0.184 e. The van der Waals surface area contributed by atoms with Crippen molar-refractivity contribution in [3.63, 3.8) is 0 Å². The van der Waals surface area contributed by atoms with Gasteiger partial charge in [0, 0.05) is 5.75 Å². The van der Waals surface area contributed by atoms with Crippen LogP contribution in [0.1, 0.15) is 0 Å². The van der Waals surface area contributed by atoms with E-state index in [4.69, 9.17) is 5.73 Å². The molecule has 0 aromatic heterocycles. The van der Waals surface area contributed by atoms with Gasteiger partial charge >= 0.3 is 0 Å². The number of hydrogen-bond acceptors (Lipinski definition) is 3. The van der Waals surface area contributed by atoms with Gasteiger partial charge in [0.25, 0.3) is 0 Å². The molecule has 4 unspecified atom stereocenters. The maximum atomic E-state index is 10.6. The quantitative estimate of drug-likeness (QED) is 0.428. The fraction of sp³-hybridized carbons (Fsp3) is 1.00. The Morgan fingerprint density at radius 3 is 2.25 bits per heavy atom. The summed E-state index contributed by atoms with van der Waals surface area (Å²) in [5.41, 5.74) is 5.38. The Labute approximate surface area is 51.5 Å². The Morgan fingerprint density at radius 1 is 1.62 bits per heavy atom. The van der Waals surface area contributed by atoms with Gasteiger partial charge in [-0.1, -0.05) is 0 Å². The van der Waals surface area contributed by atoms with Crippen molar-refractivity contribution in [1.29, 1.82) is 0 Å². The lowest BCUT2D eigenvalue weighted by atomic mass is 10.5. The predicted molar refractivity (Wildman–Crippen MR) is 31.9 cm³/mol. The standard InChI is InChI=1S/C3H5NO2S2/c4-3-2(8(3)6)1-7(3)5/h2H,1,4H2. The van der Waals surface area contributed by atoms with Crippen LogP contribution in [0.25, 0.3) is 0 Å². The third-order valence-corrected chi connectivity index (χ3v) is 6.38. The van der Waals surface area contributed by atoms with Crippen LogP contribution in [0.4, 0.5) is 0 Å². The van der Waals surface area contributed by atoms with Crippen molar-refractivity contribution >= 4 is 21.6 Å². The molecule has 0 spiro atoms. The van der Waals surface area contributed by atoms with E-state index in [0.29, 0.717) is 5.75 Å². The minimum atomic E-state index is -0.981. The summed E-state index contributed by atoms with van der Waals surface area (Å²) >= 11 is 0. The molecule has 2 N–H and O–H groups in total. The van der Waals surface area contributed by atoms with Gasteiger partial charge in [0.05, 0.1) is 26.8 Å². The molecule has 0 bridgehead atoms. The molecule has 8 heavy (non-hydrogen) atoms. The van der Waals surface area contributed by atoms with Crippen LogP contribution in [0, 0.1) is 0 Å². The van der Waals surface area contributed by atoms with E-state index in [-0.39, 0.29) is 5.25 Å². The van der Waals surface area contributed by atoms with Crippen LogP contribution < -0.4 is 5.73 Å². The lowest BCUT2D eigenvalue weighted by molar-refractivity contribution is 0.654. The maximum Gasteiger partial charge on any atom is 0.184 e. The van der Waals surface area contributed by atoms with E-state index in [9.17, 15) is 8.42 Å². The fourth-order valence-electron chi connectivity index (χ4n) is 0.874. The predicted octanol–water partition coefficient (Wildman–Crippen LogP) is -1.51. The number of rotatable bonds is 0. The van der Waals surface area contributed by atoms with Crippen molar-refractivity contribution in [1.82, 2.24) is 0 Å². The molecule has 2 heterocycles. The van der Waals surface area contributed by atoms with Gasteiger partial charge in [0.15, 0.2) is 4.20 Å². The summed E-state index contributed by atoms with van der Waals surface area (Å²) in [6.07, 6.45) is 0. The molecule has 0 aromatic rings. The highest BCUT2D eigenvalue weighted by Crippen LogP contribution is 2.49. The van der Waals surface area contributed by atoms with Crippen LogP contribution in [0.2, 0.25) is 0 Å². The SMILES string of the molecule is NC12C(CS1=O)S2=O. The van der Waals surface area contributed by atoms with Gasteiger partial charge in [-0.25, -0.2) is 0 Å². The fourth-order valence-corrected chi connectivity index (χ4v) is 5.23. The molecular formula is C3H5NO2S2. The zero-order valence-corrected chi connectivity index (χ0v) is 5.63. The van der Waals surface area contributed by atoms with Crippen LogP contribution in [0.15, 0.2) is 0 Å². The van der Waals surface area contributed by atoms with Crippen molar-refractivity contribution in [2.45, 2.75) is 9.45 Å². The minimum Gasteiger partial charge on any atom is -0.303 e. The summed E-state index contributed by atoms with van der Waals surface area (Å²) < 4.78 is 20.5. The molecule has 0 aromatic carbocycles. The lowest BCUT2D eigenvalue weighted by Crippen LogP contribution is -2.45. The van der Waals surface area contributed by atoms with Crippen molar-refractivity contribution in [2.75, 3.05) is 5.75 Å². The van der Waals surface area contributed by atoms with E-state index in [1.54, 1.807) is 0 Å². The first-order valence-corrected chi connectivity index (χ1v) is 4.78. The Morgan fingerprint density at radius 2 is 2.25 bits per heavy atom. The average molecular weight is 151 g/mol. The van der Waals surface area contributed by atoms with Gasteiger partial charge in [-0.15, -0.1) is 0 Å². The highest BCUT2D eigenvalue weighted by molar-refractivity contribution is 8.15. The van der Waals surface area contributed by atoms with E-state index in [1.165, 1.54) is 0 Å². The zero-order chi connectivity index (χ0) is 5.94. The van der Waals surface area contributed by atoms with Gasteiger partial charge in [-0.3, -0.25) is 8.42 Å². The first-order valence-electron chi connectivity index (χ1n) is 2.25. The van der Waals surface area contributed by atoms with Gasteiger partial charge in [0.1, 0.15) is 0 Å². The molecule has 5 heteroatoms. The van der Waals surface area contributed by atoms with Crippen LogP contribution in [-0.2, 0) is 21.6 Å². The molecule has 46 valence electrons. The Kier molecular flexibility index (Phi) is 0.683. The van der Waals surface area contributed by atoms with E-state index in [1.807, 2.05) is 0 Å². The molecule has 0 saturated carbocycles. The molecule has 2 saturated heterocycles. The van der Waals surface area contributed by atoms with Gasteiger partial charge < -0.3 is 5.73 Å². The Balaban J connectivity index is 2.42. The van der Waals surface area contributed by atoms with Crippen molar-refractivity contribution < 1.29 is 8.42 Å². The molecule has 3 nitrogen and oxygen atoms in total. The second-order valence-electron chi connectivity index (χ2n) is 2.02. The zero-order valence-electron chi connectivity index (χ0n) is 3.99. The van der Waals surface area contributed by atoms with Gasteiger partial charge in [0.2, 0.25) is 0 Å². The first-order chi connectivity index (χ1) is 3.67. The topological polar surface area (TPSA) is 60.2 Å². The number of nitrogens with two attached hydrogens (primary N) is 1. The molecule has 2 aliphatic heterocycles. The minimum absolute atomic E-state index is 0.0725. The van der Waals surface area contributed by atoms with Gasteiger partial charge in [-0.05, 0) is 0 Å². The summed E-state index contributed by atoms with van der Waals surface area (Å²) in [5, 5.41) is 0.0725. The van der Waals surface area contributed by atoms with Crippen LogP contribution in [0.3, 0.4) is 0 Å². The van der Waals surface area contributed by atoms with Gasteiger partial charge in [-0.2, -0.15) is 0 Å². The van der Waals surface area contributed by atoms with Crippen molar-refractivity contribution in [2.24, 2.45) is 5.73 Å². The van der Waals surface area contributed by atoms with Crippen LogP contribution in [-0.4, -0.2) is 23.6 Å². The maximum absolute atomic E-state index is 10.6.